The van der Waals surface area contributed by atoms with Crippen LogP contribution in [0, 0.1) is 0 Å². The lowest BCUT2D eigenvalue weighted by molar-refractivity contribution is -0.156. The Kier molecular flexibility index (Phi) is 3.27. The number of hydrogen-bond donors (Lipinski definition) is 2. The third-order valence-corrected chi connectivity index (χ3v) is 2.64. The van der Waals surface area contributed by atoms with Gasteiger partial charge in [-0.05, 0) is 12.8 Å². The van der Waals surface area contributed by atoms with E-state index in [9.17, 15) is 15.0 Å². The summed E-state index contributed by atoms with van der Waals surface area (Å²) in [7, 11) is 1.28. The Hall–Kier alpha value is -0.610. The monoisotopic (exact) mass is 188 g/mol. The molecule has 0 heterocycles. The van der Waals surface area contributed by atoms with Crippen molar-refractivity contribution in [1.82, 2.24) is 0 Å². The first-order chi connectivity index (χ1) is 6.08. The predicted octanol–water partition coefficient (Wildman–Crippen LogP) is 0.215. The Balaban J connectivity index is 2.56. The molecule has 0 saturated heterocycles. The van der Waals surface area contributed by atoms with Crippen molar-refractivity contribution in [2.24, 2.45) is 0 Å². The first kappa shape index (κ1) is 10.5. The molecule has 0 radical (unpaired) electrons. The summed E-state index contributed by atoms with van der Waals surface area (Å²) in [6, 6.07) is 0. The average Bonchev–Trinajstić information content (AvgIpc) is 2.10. The van der Waals surface area contributed by atoms with Gasteiger partial charge in [-0.2, -0.15) is 0 Å². The van der Waals surface area contributed by atoms with Gasteiger partial charge in [0.05, 0.1) is 19.6 Å². The zero-order valence-corrected chi connectivity index (χ0v) is 7.82. The molecule has 0 unspecified atom stereocenters. The number of methoxy groups -OCH3 is 1. The third kappa shape index (κ3) is 2.42. The van der Waals surface area contributed by atoms with Gasteiger partial charge in [-0.25, -0.2) is 0 Å². The third-order valence-electron chi connectivity index (χ3n) is 2.64. The molecule has 0 bridgehead atoms. The zero-order valence-electron chi connectivity index (χ0n) is 7.82. The van der Waals surface area contributed by atoms with Crippen LogP contribution in [0.3, 0.4) is 0 Å². The number of aliphatic hydroxyl groups is 2. The molecule has 2 atom stereocenters. The van der Waals surface area contributed by atoms with Gasteiger partial charge in [0.2, 0.25) is 0 Å². The topological polar surface area (TPSA) is 66.8 Å². The molecule has 4 heteroatoms. The molecule has 4 nitrogen and oxygen atoms in total. The second-order valence-corrected chi connectivity index (χ2v) is 3.62. The Labute approximate surface area is 77.5 Å². The van der Waals surface area contributed by atoms with Crippen molar-refractivity contribution >= 4 is 5.97 Å². The number of esters is 1. The molecule has 0 amide bonds. The summed E-state index contributed by atoms with van der Waals surface area (Å²) in [6.45, 7) is 0. The molecule has 13 heavy (non-hydrogen) atoms. The van der Waals surface area contributed by atoms with Crippen LogP contribution in [0.1, 0.15) is 32.1 Å². The number of ether oxygens (including phenoxy) is 1. The van der Waals surface area contributed by atoms with Crippen molar-refractivity contribution in [3.63, 3.8) is 0 Å². The highest BCUT2D eigenvalue weighted by Gasteiger charge is 2.39. The summed E-state index contributed by atoms with van der Waals surface area (Å²) in [6.07, 6.45) is 1.90. The lowest BCUT2D eigenvalue weighted by Crippen LogP contribution is -2.46. The maximum absolute atomic E-state index is 10.9. The van der Waals surface area contributed by atoms with Crippen molar-refractivity contribution < 1.29 is 19.7 Å². The minimum absolute atomic E-state index is 0.106. The molecule has 0 spiro atoms. The molecular formula is C9H16O4. The minimum atomic E-state index is -1.26. The maximum Gasteiger partial charge on any atom is 0.308 e. The Morgan fingerprint density at radius 3 is 2.85 bits per heavy atom. The number of aliphatic hydroxyl groups excluding tert-OH is 1. The van der Waals surface area contributed by atoms with Gasteiger partial charge in [0.15, 0.2) is 0 Å². The minimum Gasteiger partial charge on any atom is -0.469 e. The summed E-state index contributed by atoms with van der Waals surface area (Å²) < 4.78 is 4.46. The van der Waals surface area contributed by atoms with Gasteiger partial charge in [0.1, 0.15) is 5.60 Å². The maximum atomic E-state index is 10.9. The number of carbonyl (C=O) groups is 1. The van der Waals surface area contributed by atoms with Gasteiger partial charge in [0.25, 0.3) is 0 Å². The quantitative estimate of drug-likeness (QED) is 0.608. The number of hydrogen-bond acceptors (Lipinski definition) is 4. The SMILES string of the molecule is COC(=O)C[C@@]1(O)CCCC[C@@H]1O. The van der Waals surface area contributed by atoms with Crippen LogP contribution in [0.15, 0.2) is 0 Å². The van der Waals surface area contributed by atoms with Gasteiger partial charge in [-0.1, -0.05) is 12.8 Å². The molecule has 1 saturated carbocycles. The van der Waals surface area contributed by atoms with Gasteiger partial charge < -0.3 is 14.9 Å². The molecule has 0 aliphatic heterocycles. The van der Waals surface area contributed by atoms with Crippen molar-refractivity contribution in [1.29, 1.82) is 0 Å². The Morgan fingerprint density at radius 2 is 2.31 bits per heavy atom. The van der Waals surface area contributed by atoms with Gasteiger partial charge >= 0.3 is 5.97 Å². The van der Waals surface area contributed by atoms with Gasteiger partial charge in [0, 0.05) is 0 Å². The van der Waals surface area contributed by atoms with Crippen molar-refractivity contribution in [2.45, 2.75) is 43.8 Å². The molecule has 1 rings (SSSR count). The van der Waals surface area contributed by atoms with Gasteiger partial charge in [-0.3, -0.25) is 4.79 Å². The van der Waals surface area contributed by atoms with Crippen LogP contribution < -0.4 is 0 Å². The second kappa shape index (κ2) is 4.07. The zero-order chi connectivity index (χ0) is 9.90. The van der Waals surface area contributed by atoms with Crippen LogP contribution in [0.4, 0.5) is 0 Å². The highest BCUT2D eigenvalue weighted by atomic mass is 16.5. The largest absolute Gasteiger partial charge is 0.469 e. The van der Waals surface area contributed by atoms with Crippen molar-refractivity contribution in [3.05, 3.63) is 0 Å². The first-order valence-electron chi connectivity index (χ1n) is 4.56. The molecule has 1 aliphatic carbocycles. The Bertz CT molecular complexity index is 192. The molecule has 1 aliphatic rings. The van der Waals surface area contributed by atoms with Crippen LogP contribution in [0.5, 0.6) is 0 Å². The van der Waals surface area contributed by atoms with E-state index in [4.69, 9.17) is 0 Å². The van der Waals surface area contributed by atoms with E-state index in [2.05, 4.69) is 4.74 Å². The molecule has 1 fully saturated rings. The van der Waals surface area contributed by atoms with Crippen LogP contribution >= 0.6 is 0 Å². The van der Waals surface area contributed by atoms with Crippen molar-refractivity contribution in [3.8, 4) is 0 Å². The predicted molar refractivity (Wildman–Crippen MR) is 46.1 cm³/mol. The van der Waals surface area contributed by atoms with Crippen LogP contribution in [0.2, 0.25) is 0 Å². The number of carbonyl (C=O) groups excluding carboxylic acids is 1. The first-order valence-corrected chi connectivity index (χ1v) is 4.56. The van der Waals surface area contributed by atoms with Crippen LogP contribution in [0.25, 0.3) is 0 Å². The van der Waals surface area contributed by atoms with Crippen molar-refractivity contribution in [2.75, 3.05) is 7.11 Å². The molecule has 2 N–H and O–H groups in total. The smallest absolute Gasteiger partial charge is 0.308 e. The van der Waals surface area contributed by atoms with E-state index in [1.807, 2.05) is 0 Å². The summed E-state index contributed by atoms with van der Waals surface area (Å²) in [4.78, 5) is 10.9. The second-order valence-electron chi connectivity index (χ2n) is 3.62. The van der Waals surface area contributed by atoms with E-state index in [0.717, 1.165) is 12.8 Å². The molecule has 0 aromatic rings. The summed E-state index contributed by atoms with van der Waals surface area (Å²) >= 11 is 0. The highest BCUT2D eigenvalue weighted by Crippen LogP contribution is 2.31. The lowest BCUT2D eigenvalue weighted by atomic mass is 9.80. The lowest BCUT2D eigenvalue weighted by Gasteiger charge is -2.35. The molecular weight excluding hydrogens is 172 g/mol. The normalized spacial score (nSPS) is 34.2. The van der Waals surface area contributed by atoms with E-state index in [1.54, 1.807) is 0 Å². The van der Waals surface area contributed by atoms with Gasteiger partial charge in [-0.15, -0.1) is 0 Å². The highest BCUT2D eigenvalue weighted by molar-refractivity contribution is 5.70. The van der Waals surface area contributed by atoms with E-state index in [-0.39, 0.29) is 6.42 Å². The fourth-order valence-electron chi connectivity index (χ4n) is 1.73. The summed E-state index contributed by atoms with van der Waals surface area (Å²) in [5.41, 5.74) is -1.26. The summed E-state index contributed by atoms with van der Waals surface area (Å²) in [5, 5.41) is 19.4. The molecule has 0 aromatic heterocycles. The van der Waals surface area contributed by atoms with E-state index in [1.165, 1.54) is 7.11 Å². The standard InChI is InChI=1S/C9H16O4/c1-13-8(11)6-9(12)5-3-2-4-7(9)10/h7,10,12H,2-6H2,1H3/t7-,9-/m0/s1. The van der Waals surface area contributed by atoms with Crippen LogP contribution in [-0.2, 0) is 9.53 Å². The summed E-state index contributed by atoms with van der Waals surface area (Å²) in [5.74, 6) is -0.469. The fourth-order valence-corrected chi connectivity index (χ4v) is 1.73. The van der Waals surface area contributed by atoms with E-state index < -0.39 is 17.7 Å². The van der Waals surface area contributed by atoms with Crippen LogP contribution in [-0.4, -0.2) is 35.0 Å². The van der Waals surface area contributed by atoms with E-state index in [0.29, 0.717) is 12.8 Å². The Morgan fingerprint density at radius 1 is 1.62 bits per heavy atom. The fraction of sp³-hybridized carbons (Fsp3) is 0.889. The van der Waals surface area contributed by atoms with E-state index >= 15 is 0 Å². The molecule has 0 aromatic carbocycles. The number of rotatable bonds is 2. The molecule has 76 valence electrons. The average molecular weight is 188 g/mol.